The minimum absolute atomic E-state index is 0.239. The van der Waals surface area contributed by atoms with E-state index < -0.39 is 0 Å². The van der Waals surface area contributed by atoms with Crippen molar-refractivity contribution in [2.24, 2.45) is 0 Å². The van der Waals surface area contributed by atoms with Crippen LogP contribution in [0, 0.1) is 0 Å². The average Bonchev–Trinajstić information content (AvgIpc) is 2.71. The molecule has 2 heterocycles. The molecule has 0 aliphatic heterocycles. The molecule has 0 fully saturated rings. The van der Waals surface area contributed by atoms with Crippen LogP contribution in [0.2, 0.25) is 0 Å². The van der Waals surface area contributed by atoms with Crippen molar-refractivity contribution in [2.45, 2.75) is 6.42 Å². The van der Waals surface area contributed by atoms with E-state index in [1.807, 2.05) is 30.3 Å². The molecule has 6 nitrogen and oxygen atoms in total. The summed E-state index contributed by atoms with van der Waals surface area (Å²) in [5, 5.41) is 6.00. The molecule has 2 aromatic heterocycles. The number of alkyl halides is 1. The summed E-state index contributed by atoms with van der Waals surface area (Å²) in [7, 11) is 0. The SMILES string of the molecule is O=C(NCCCCl)c1cccnc1Oc1ccc(Nc2ccccn2)cc1. The lowest BCUT2D eigenvalue weighted by Gasteiger charge is -2.11. The van der Waals surface area contributed by atoms with E-state index in [9.17, 15) is 4.79 Å². The standard InChI is InChI=1S/C20H19ClN4O2/c21-11-4-14-23-19(26)17-5-3-13-24-20(17)27-16-9-7-15(8-10-16)25-18-6-1-2-12-22-18/h1-3,5-10,12-13H,4,11,14H2,(H,22,25)(H,23,26). The van der Waals surface area contributed by atoms with Gasteiger partial charge in [0.15, 0.2) is 0 Å². The van der Waals surface area contributed by atoms with Gasteiger partial charge in [-0.2, -0.15) is 0 Å². The molecular weight excluding hydrogens is 364 g/mol. The number of benzene rings is 1. The van der Waals surface area contributed by atoms with Crippen molar-refractivity contribution >= 4 is 29.0 Å². The predicted octanol–water partition coefficient (Wildman–Crippen LogP) is 4.37. The zero-order valence-corrected chi connectivity index (χ0v) is 15.3. The fraction of sp³-hybridized carbons (Fsp3) is 0.150. The summed E-state index contributed by atoms with van der Waals surface area (Å²) in [6.07, 6.45) is 4.01. The molecule has 0 aliphatic rings. The fourth-order valence-corrected chi connectivity index (χ4v) is 2.45. The number of nitrogens with zero attached hydrogens (tertiary/aromatic N) is 2. The topological polar surface area (TPSA) is 76.1 Å². The molecule has 0 unspecified atom stereocenters. The van der Waals surface area contributed by atoms with Crippen LogP contribution in [0.1, 0.15) is 16.8 Å². The summed E-state index contributed by atoms with van der Waals surface area (Å²) in [4.78, 5) is 20.7. The van der Waals surface area contributed by atoms with Crippen LogP contribution in [0.5, 0.6) is 11.6 Å². The summed E-state index contributed by atoms with van der Waals surface area (Å²) in [6.45, 7) is 0.505. The third-order valence-electron chi connectivity index (χ3n) is 3.62. The molecule has 0 atom stereocenters. The van der Waals surface area contributed by atoms with E-state index in [4.69, 9.17) is 16.3 Å². The van der Waals surface area contributed by atoms with Gasteiger partial charge in [0.2, 0.25) is 5.88 Å². The van der Waals surface area contributed by atoms with E-state index in [0.717, 1.165) is 11.5 Å². The highest BCUT2D eigenvalue weighted by atomic mass is 35.5. The molecule has 138 valence electrons. The minimum Gasteiger partial charge on any atom is -0.438 e. The van der Waals surface area contributed by atoms with E-state index in [1.165, 1.54) is 0 Å². The summed E-state index contributed by atoms with van der Waals surface area (Å²) >= 11 is 5.64. The van der Waals surface area contributed by atoms with Crippen molar-refractivity contribution in [2.75, 3.05) is 17.7 Å². The number of carbonyl (C=O) groups excluding carboxylic acids is 1. The van der Waals surface area contributed by atoms with Crippen molar-refractivity contribution in [1.82, 2.24) is 15.3 Å². The molecule has 1 amide bonds. The van der Waals surface area contributed by atoms with Gasteiger partial charge in [-0.25, -0.2) is 9.97 Å². The quantitative estimate of drug-likeness (QED) is 0.447. The number of halogens is 1. The van der Waals surface area contributed by atoms with E-state index in [1.54, 1.807) is 36.7 Å². The van der Waals surface area contributed by atoms with Gasteiger partial charge in [-0.1, -0.05) is 6.07 Å². The number of hydrogen-bond acceptors (Lipinski definition) is 5. The number of ether oxygens (including phenoxy) is 1. The molecule has 3 aromatic rings. The Hall–Kier alpha value is -3.12. The van der Waals surface area contributed by atoms with Gasteiger partial charge in [-0.15, -0.1) is 11.6 Å². The first-order chi connectivity index (χ1) is 13.3. The van der Waals surface area contributed by atoms with Gasteiger partial charge in [0.25, 0.3) is 5.91 Å². The maximum Gasteiger partial charge on any atom is 0.256 e. The van der Waals surface area contributed by atoms with Crippen LogP contribution in [-0.2, 0) is 0 Å². The number of nitrogens with one attached hydrogen (secondary N) is 2. The highest BCUT2D eigenvalue weighted by Crippen LogP contribution is 2.25. The third kappa shape index (κ3) is 5.43. The van der Waals surface area contributed by atoms with Crippen LogP contribution in [-0.4, -0.2) is 28.3 Å². The molecule has 0 bridgehead atoms. The zero-order valence-electron chi connectivity index (χ0n) is 14.6. The van der Waals surface area contributed by atoms with Crippen LogP contribution in [0.15, 0.2) is 67.0 Å². The highest BCUT2D eigenvalue weighted by molar-refractivity contribution is 6.17. The molecule has 2 N–H and O–H groups in total. The first-order valence-corrected chi connectivity index (χ1v) is 9.05. The van der Waals surface area contributed by atoms with Crippen LogP contribution in [0.25, 0.3) is 0 Å². The van der Waals surface area contributed by atoms with Crippen LogP contribution >= 0.6 is 11.6 Å². The largest absolute Gasteiger partial charge is 0.438 e. The van der Waals surface area contributed by atoms with Crippen molar-refractivity contribution in [3.05, 3.63) is 72.6 Å². The Kier molecular flexibility index (Phi) is 6.60. The molecule has 1 aromatic carbocycles. The van der Waals surface area contributed by atoms with Gasteiger partial charge in [0.1, 0.15) is 17.1 Å². The summed E-state index contributed by atoms with van der Waals surface area (Å²) in [6, 6.07) is 16.4. The van der Waals surface area contributed by atoms with Crippen molar-refractivity contribution < 1.29 is 9.53 Å². The van der Waals surface area contributed by atoms with E-state index in [-0.39, 0.29) is 11.8 Å². The Morgan fingerprint density at radius 3 is 2.56 bits per heavy atom. The second-order valence-electron chi connectivity index (χ2n) is 5.62. The molecule has 0 saturated heterocycles. The minimum atomic E-state index is -0.239. The molecule has 27 heavy (non-hydrogen) atoms. The molecule has 3 rings (SSSR count). The van der Waals surface area contributed by atoms with Gasteiger partial charge in [-0.05, 0) is 55.0 Å². The Morgan fingerprint density at radius 2 is 1.81 bits per heavy atom. The number of amides is 1. The fourth-order valence-electron chi connectivity index (χ4n) is 2.31. The number of hydrogen-bond donors (Lipinski definition) is 2. The van der Waals surface area contributed by atoms with Crippen LogP contribution < -0.4 is 15.4 Å². The zero-order chi connectivity index (χ0) is 18.9. The molecule has 0 saturated carbocycles. The lowest BCUT2D eigenvalue weighted by molar-refractivity contribution is 0.0951. The van der Waals surface area contributed by atoms with Crippen molar-refractivity contribution in [3.8, 4) is 11.6 Å². The molecule has 0 aliphatic carbocycles. The lowest BCUT2D eigenvalue weighted by atomic mass is 10.2. The summed E-state index contributed by atoms with van der Waals surface area (Å²) < 4.78 is 5.80. The number of aromatic nitrogens is 2. The predicted molar refractivity (Wildman–Crippen MR) is 106 cm³/mol. The molecule has 0 spiro atoms. The van der Waals surface area contributed by atoms with Crippen molar-refractivity contribution in [3.63, 3.8) is 0 Å². The van der Waals surface area contributed by atoms with Gasteiger partial charge < -0.3 is 15.4 Å². The molecule has 7 heteroatoms. The third-order valence-corrected chi connectivity index (χ3v) is 3.89. The Labute approximate surface area is 162 Å². The summed E-state index contributed by atoms with van der Waals surface area (Å²) in [5.74, 6) is 1.85. The number of pyridine rings is 2. The first-order valence-electron chi connectivity index (χ1n) is 8.51. The maximum atomic E-state index is 12.3. The Balaban J connectivity index is 1.67. The first kappa shape index (κ1) is 18.7. The second kappa shape index (κ2) is 9.54. The van der Waals surface area contributed by atoms with Crippen molar-refractivity contribution in [1.29, 1.82) is 0 Å². The van der Waals surface area contributed by atoms with Crippen LogP contribution in [0.4, 0.5) is 11.5 Å². The highest BCUT2D eigenvalue weighted by Gasteiger charge is 2.13. The number of anilines is 2. The number of carbonyl (C=O) groups is 1. The Bertz CT molecular complexity index is 873. The maximum absolute atomic E-state index is 12.3. The lowest BCUT2D eigenvalue weighted by Crippen LogP contribution is -2.25. The average molecular weight is 383 g/mol. The van der Waals surface area contributed by atoms with E-state index in [0.29, 0.717) is 30.2 Å². The number of rotatable bonds is 8. The van der Waals surface area contributed by atoms with Gasteiger partial charge in [-0.3, -0.25) is 4.79 Å². The van der Waals surface area contributed by atoms with Crippen LogP contribution in [0.3, 0.4) is 0 Å². The molecule has 0 radical (unpaired) electrons. The van der Waals surface area contributed by atoms with E-state index >= 15 is 0 Å². The summed E-state index contributed by atoms with van der Waals surface area (Å²) in [5.41, 5.74) is 1.25. The monoisotopic (exact) mass is 382 g/mol. The van der Waals surface area contributed by atoms with Gasteiger partial charge in [0.05, 0.1) is 0 Å². The van der Waals surface area contributed by atoms with E-state index in [2.05, 4.69) is 20.6 Å². The normalized spacial score (nSPS) is 10.3. The second-order valence-corrected chi connectivity index (χ2v) is 6.00. The smallest absolute Gasteiger partial charge is 0.256 e. The van der Waals surface area contributed by atoms with Gasteiger partial charge >= 0.3 is 0 Å². The van der Waals surface area contributed by atoms with Gasteiger partial charge in [0, 0.05) is 30.5 Å². The Morgan fingerprint density at radius 1 is 1.00 bits per heavy atom. The molecular formula is C20H19ClN4O2.